The van der Waals surface area contributed by atoms with Crippen molar-refractivity contribution in [3.8, 4) is 0 Å². The average molecular weight is 470 g/mol. The summed E-state index contributed by atoms with van der Waals surface area (Å²) in [5.41, 5.74) is 1.62. The summed E-state index contributed by atoms with van der Waals surface area (Å²) in [5.74, 6) is -1.09. The van der Waals surface area contributed by atoms with E-state index in [1.54, 1.807) is 18.2 Å². The molecule has 172 valence electrons. The largest absolute Gasteiger partial charge is 0.481 e. The van der Waals surface area contributed by atoms with Crippen LogP contribution in [0.3, 0.4) is 0 Å². The van der Waals surface area contributed by atoms with Crippen LogP contribution in [0.4, 0.5) is 17.3 Å². The number of anilines is 3. The first-order valence-corrected chi connectivity index (χ1v) is 11.9. The number of aliphatic carboxylic acids is 1. The molecule has 0 bridgehead atoms. The lowest BCUT2D eigenvalue weighted by Gasteiger charge is -2.32. The van der Waals surface area contributed by atoms with Crippen LogP contribution in [0.5, 0.6) is 0 Å². The number of hydrogen-bond acceptors (Lipinski definition) is 7. The second-order valence-electron chi connectivity index (χ2n) is 7.80. The fourth-order valence-electron chi connectivity index (χ4n) is 3.72. The topological polar surface area (TPSA) is 142 Å². The van der Waals surface area contributed by atoms with Gasteiger partial charge in [-0.3, -0.25) is 14.3 Å². The Labute approximate surface area is 190 Å². The van der Waals surface area contributed by atoms with Crippen molar-refractivity contribution < 1.29 is 23.1 Å². The third-order valence-electron chi connectivity index (χ3n) is 5.41. The molecule has 1 aliphatic heterocycles. The lowest BCUT2D eigenvalue weighted by molar-refractivity contribution is -0.142. The Bertz CT molecular complexity index is 1300. The van der Waals surface area contributed by atoms with Crippen molar-refractivity contribution in [3.63, 3.8) is 0 Å². The van der Waals surface area contributed by atoms with E-state index < -0.39 is 21.9 Å². The summed E-state index contributed by atoms with van der Waals surface area (Å²) in [6.45, 7) is 2.21. The van der Waals surface area contributed by atoms with Crippen molar-refractivity contribution in [2.75, 3.05) is 28.0 Å². The molecule has 0 radical (unpaired) electrons. The number of hydrogen-bond donors (Lipinski definition) is 3. The molecular weight excluding hydrogens is 446 g/mol. The summed E-state index contributed by atoms with van der Waals surface area (Å²) in [5, 5.41) is 11.9. The molecule has 4 rings (SSSR count). The maximum absolute atomic E-state index is 13.1. The van der Waals surface area contributed by atoms with Gasteiger partial charge in [0.25, 0.3) is 10.0 Å². The number of fused-ring (bicyclic) bond motifs is 1. The molecule has 1 saturated heterocycles. The SMILES string of the molecule is CC(=O)Nc1ccc(S(=O)(=O)Nc2nc3ccccc3nc2N2CCC(C(=O)O)CC2)cc1. The first-order chi connectivity index (χ1) is 15.7. The van der Waals surface area contributed by atoms with Gasteiger partial charge in [0.15, 0.2) is 11.6 Å². The number of aromatic nitrogens is 2. The lowest BCUT2D eigenvalue weighted by Crippen LogP contribution is -2.37. The second kappa shape index (κ2) is 9.02. The van der Waals surface area contributed by atoms with Crippen LogP contribution >= 0.6 is 0 Å². The van der Waals surface area contributed by atoms with Gasteiger partial charge in [0.2, 0.25) is 5.91 Å². The van der Waals surface area contributed by atoms with Crippen LogP contribution in [0.1, 0.15) is 19.8 Å². The third kappa shape index (κ3) is 5.03. The van der Waals surface area contributed by atoms with Crippen molar-refractivity contribution in [2.45, 2.75) is 24.7 Å². The van der Waals surface area contributed by atoms with Gasteiger partial charge >= 0.3 is 5.97 Å². The van der Waals surface area contributed by atoms with Crippen LogP contribution in [-0.4, -0.2) is 48.5 Å². The van der Waals surface area contributed by atoms with Gasteiger partial charge in [-0.1, -0.05) is 12.1 Å². The van der Waals surface area contributed by atoms with Gasteiger partial charge in [0.05, 0.1) is 21.8 Å². The first-order valence-electron chi connectivity index (χ1n) is 10.4. The number of piperidine rings is 1. The minimum absolute atomic E-state index is 0.00194. The van der Waals surface area contributed by atoms with E-state index in [0.717, 1.165) is 0 Å². The van der Waals surface area contributed by atoms with Crippen LogP contribution in [-0.2, 0) is 19.6 Å². The summed E-state index contributed by atoms with van der Waals surface area (Å²) in [4.78, 5) is 33.5. The Hall–Kier alpha value is -3.73. The number of carboxylic acid groups (broad SMARTS) is 1. The minimum Gasteiger partial charge on any atom is -0.481 e. The average Bonchev–Trinajstić information content (AvgIpc) is 2.78. The Morgan fingerprint density at radius 1 is 1.00 bits per heavy atom. The Kier molecular flexibility index (Phi) is 6.14. The molecule has 0 aliphatic carbocycles. The van der Waals surface area contributed by atoms with Gasteiger partial charge in [-0.05, 0) is 49.2 Å². The standard InChI is InChI=1S/C22H23N5O5S/c1-14(28)23-16-6-8-17(9-7-16)33(31,32)26-20-21(25-19-5-3-2-4-18(19)24-20)27-12-10-15(11-13-27)22(29)30/h2-9,15H,10-13H2,1H3,(H,23,28)(H,24,26)(H,29,30). The minimum atomic E-state index is -4.00. The number of carboxylic acids is 1. The van der Waals surface area contributed by atoms with E-state index in [1.165, 1.54) is 31.2 Å². The number of sulfonamides is 1. The van der Waals surface area contributed by atoms with Crippen LogP contribution in [0.2, 0.25) is 0 Å². The molecule has 0 saturated carbocycles. The molecule has 33 heavy (non-hydrogen) atoms. The molecule has 0 atom stereocenters. The fourth-order valence-corrected chi connectivity index (χ4v) is 4.73. The molecule has 2 aromatic carbocycles. The second-order valence-corrected chi connectivity index (χ2v) is 9.48. The molecule has 3 N–H and O–H groups in total. The van der Waals surface area contributed by atoms with Gasteiger partial charge in [0, 0.05) is 25.7 Å². The maximum Gasteiger partial charge on any atom is 0.306 e. The van der Waals surface area contributed by atoms with E-state index in [9.17, 15) is 23.1 Å². The number of carbonyl (C=O) groups is 2. The number of amides is 1. The normalized spacial score (nSPS) is 14.8. The van der Waals surface area contributed by atoms with Crippen molar-refractivity contribution in [1.82, 2.24) is 9.97 Å². The summed E-state index contributed by atoms with van der Waals surface area (Å²) in [7, 11) is -4.00. The van der Waals surface area contributed by atoms with Gasteiger partial charge < -0.3 is 15.3 Å². The quantitative estimate of drug-likeness (QED) is 0.500. The van der Waals surface area contributed by atoms with Crippen molar-refractivity contribution in [1.29, 1.82) is 0 Å². The van der Waals surface area contributed by atoms with Crippen molar-refractivity contribution >= 4 is 50.3 Å². The van der Waals surface area contributed by atoms with Crippen LogP contribution in [0.25, 0.3) is 11.0 Å². The molecule has 1 aliphatic rings. The van der Waals surface area contributed by atoms with Crippen LogP contribution < -0.4 is 14.9 Å². The fraction of sp³-hybridized carbons (Fsp3) is 0.273. The summed E-state index contributed by atoms with van der Waals surface area (Å²) in [6, 6.07) is 12.9. The Balaban J connectivity index is 1.66. The Morgan fingerprint density at radius 3 is 2.18 bits per heavy atom. The smallest absolute Gasteiger partial charge is 0.306 e. The van der Waals surface area contributed by atoms with Crippen molar-refractivity contribution in [3.05, 3.63) is 48.5 Å². The molecule has 0 unspecified atom stereocenters. The molecular formula is C22H23N5O5S. The number of rotatable bonds is 6. The van der Waals surface area contributed by atoms with E-state index >= 15 is 0 Å². The zero-order chi connectivity index (χ0) is 23.6. The molecule has 1 fully saturated rings. The summed E-state index contributed by atoms with van der Waals surface area (Å²) in [6.07, 6.45) is 0.862. The highest BCUT2D eigenvalue weighted by atomic mass is 32.2. The zero-order valence-corrected chi connectivity index (χ0v) is 18.7. The molecule has 0 spiro atoms. The molecule has 10 nitrogen and oxygen atoms in total. The highest BCUT2D eigenvalue weighted by Crippen LogP contribution is 2.30. The lowest BCUT2D eigenvalue weighted by atomic mass is 9.97. The number of nitrogens with zero attached hydrogens (tertiary/aromatic N) is 3. The predicted octanol–water partition coefficient (Wildman–Crippen LogP) is 2.69. The highest BCUT2D eigenvalue weighted by molar-refractivity contribution is 7.92. The molecule has 1 aromatic heterocycles. The van der Waals surface area contributed by atoms with E-state index in [1.807, 2.05) is 11.0 Å². The van der Waals surface area contributed by atoms with E-state index in [-0.39, 0.29) is 16.6 Å². The van der Waals surface area contributed by atoms with Gasteiger partial charge in [-0.25, -0.2) is 18.4 Å². The third-order valence-corrected chi connectivity index (χ3v) is 6.77. The molecule has 2 heterocycles. The van der Waals surface area contributed by atoms with Crippen molar-refractivity contribution in [2.24, 2.45) is 5.92 Å². The van der Waals surface area contributed by atoms with Gasteiger partial charge in [-0.2, -0.15) is 0 Å². The van der Waals surface area contributed by atoms with Crippen LogP contribution in [0, 0.1) is 5.92 Å². The summed E-state index contributed by atoms with van der Waals surface area (Å²) >= 11 is 0. The number of carbonyl (C=O) groups excluding carboxylic acids is 1. The highest BCUT2D eigenvalue weighted by Gasteiger charge is 2.28. The Morgan fingerprint density at radius 2 is 1.61 bits per heavy atom. The van der Waals surface area contributed by atoms with E-state index in [2.05, 4.69) is 20.0 Å². The van der Waals surface area contributed by atoms with E-state index in [0.29, 0.717) is 48.5 Å². The number of benzene rings is 2. The zero-order valence-electron chi connectivity index (χ0n) is 17.9. The first kappa shape index (κ1) is 22.5. The number of nitrogens with one attached hydrogen (secondary N) is 2. The monoisotopic (exact) mass is 469 g/mol. The van der Waals surface area contributed by atoms with Crippen LogP contribution in [0.15, 0.2) is 53.4 Å². The maximum atomic E-state index is 13.1. The predicted molar refractivity (Wildman–Crippen MR) is 124 cm³/mol. The molecule has 11 heteroatoms. The molecule has 3 aromatic rings. The van der Waals surface area contributed by atoms with Gasteiger partial charge in [0.1, 0.15) is 0 Å². The number of para-hydroxylation sites is 2. The van der Waals surface area contributed by atoms with E-state index in [4.69, 9.17) is 0 Å². The molecule has 1 amide bonds. The van der Waals surface area contributed by atoms with Gasteiger partial charge in [-0.15, -0.1) is 0 Å². The summed E-state index contributed by atoms with van der Waals surface area (Å²) < 4.78 is 28.7.